The fraction of sp³-hybridized carbons (Fsp3) is 0.360. The number of hydrogen-bond donors (Lipinski definition) is 5. The van der Waals surface area contributed by atoms with Crippen LogP contribution in [0.5, 0.6) is 5.75 Å². The molecule has 2 aromatic carbocycles. The van der Waals surface area contributed by atoms with Gasteiger partial charge in [0.05, 0.1) is 17.2 Å². The molecule has 6 N–H and O–H groups in total. The van der Waals surface area contributed by atoms with E-state index < -0.39 is 33.9 Å². The van der Waals surface area contributed by atoms with E-state index >= 15 is 0 Å². The number of aromatic amines is 1. The predicted octanol–water partition coefficient (Wildman–Crippen LogP) is 1.88. The quantitative estimate of drug-likeness (QED) is 0.191. The van der Waals surface area contributed by atoms with Crippen LogP contribution in [0.3, 0.4) is 0 Å². The third kappa shape index (κ3) is 5.44. The second-order valence-corrected chi connectivity index (χ2v) is 10.6. The lowest BCUT2D eigenvalue weighted by molar-refractivity contribution is -0.141. The first-order valence-electron chi connectivity index (χ1n) is 11.8. The second-order valence-electron chi connectivity index (χ2n) is 8.92. The molecule has 192 valence electrons. The number of carboxylic acids is 1. The number of hydrogen-bond acceptors (Lipinski definition) is 7. The van der Waals surface area contributed by atoms with Crippen LogP contribution in [-0.2, 0) is 14.8 Å². The lowest BCUT2D eigenvalue weighted by atomic mass is 9.93. The summed E-state index contributed by atoms with van der Waals surface area (Å²) in [6.45, 7) is 1.60. The third-order valence-corrected chi connectivity index (χ3v) is 8.00. The van der Waals surface area contributed by atoms with Crippen LogP contribution in [0.2, 0.25) is 0 Å². The SMILES string of the molecule is NC[C@@](NS(=O)(=O)c1cccc(OCCC2CCNCC2)c1)(C(=O)O)C(=O)c1cc2ccccc2[nH]1. The van der Waals surface area contributed by atoms with E-state index in [2.05, 4.69) is 15.0 Å². The fourth-order valence-corrected chi connectivity index (χ4v) is 5.74. The van der Waals surface area contributed by atoms with E-state index in [0.717, 1.165) is 32.4 Å². The average molecular weight is 515 g/mol. The van der Waals surface area contributed by atoms with Crippen LogP contribution in [0.4, 0.5) is 0 Å². The Labute approximate surface area is 209 Å². The smallest absolute Gasteiger partial charge is 0.334 e. The van der Waals surface area contributed by atoms with E-state index in [-0.39, 0.29) is 10.6 Å². The van der Waals surface area contributed by atoms with Crippen molar-refractivity contribution in [2.24, 2.45) is 11.7 Å². The number of carbonyl (C=O) groups excluding carboxylic acids is 1. The summed E-state index contributed by atoms with van der Waals surface area (Å²) in [4.78, 5) is 28.2. The Morgan fingerprint density at radius 1 is 1.11 bits per heavy atom. The summed E-state index contributed by atoms with van der Waals surface area (Å²) >= 11 is 0. The molecule has 1 atom stereocenters. The number of aromatic nitrogens is 1. The van der Waals surface area contributed by atoms with Gasteiger partial charge in [0.25, 0.3) is 0 Å². The summed E-state index contributed by atoms with van der Waals surface area (Å²) in [7, 11) is -4.46. The molecule has 3 aromatic rings. The van der Waals surface area contributed by atoms with E-state index in [0.29, 0.717) is 29.2 Å². The maximum absolute atomic E-state index is 13.3. The van der Waals surface area contributed by atoms with Crippen molar-refractivity contribution in [3.05, 3.63) is 60.3 Å². The maximum Gasteiger partial charge on any atom is 0.334 e. The topological polar surface area (TPSA) is 164 Å². The van der Waals surface area contributed by atoms with Crippen molar-refractivity contribution >= 4 is 32.7 Å². The first kappa shape index (κ1) is 25.8. The van der Waals surface area contributed by atoms with Gasteiger partial charge in [-0.3, -0.25) is 4.79 Å². The van der Waals surface area contributed by atoms with Crippen molar-refractivity contribution in [3.8, 4) is 5.75 Å². The van der Waals surface area contributed by atoms with Crippen molar-refractivity contribution in [3.63, 3.8) is 0 Å². The molecule has 2 heterocycles. The zero-order valence-corrected chi connectivity index (χ0v) is 20.5. The maximum atomic E-state index is 13.3. The molecule has 4 rings (SSSR count). The molecule has 11 heteroatoms. The van der Waals surface area contributed by atoms with Crippen molar-refractivity contribution in [1.82, 2.24) is 15.0 Å². The Morgan fingerprint density at radius 2 is 1.86 bits per heavy atom. The summed E-state index contributed by atoms with van der Waals surface area (Å²) in [5.41, 5.74) is 3.65. The van der Waals surface area contributed by atoms with Crippen molar-refractivity contribution in [2.45, 2.75) is 29.7 Å². The molecule has 1 aliphatic rings. The Morgan fingerprint density at radius 3 is 2.56 bits per heavy atom. The van der Waals surface area contributed by atoms with Crippen LogP contribution in [-0.4, -0.2) is 62.0 Å². The van der Waals surface area contributed by atoms with Crippen molar-refractivity contribution < 1.29 is 27.9 Å². The number of ether oxygens (including phenoxy) is 1. The number of fused-ring (bicyclic) bond motifs is 1. The number of aliphatic carboxylic acids is 1. The number of rotatable bonds is 11. The largest absolute Gasteiger partial charge is 0.494 e. The van der Waals surface area contributed by atoms with Gasteiger partial charge in [-0.2, -0.15) is 4.72 Å². The number of carbonyl (C=O) groups is 2. The van der Waals surface area contributed by atoms with Gasteiger partial charge in [0.1, 0.15) is 5.75 Å². The number of piperidine rings is 1. The van der Waals surface area contributed by atoms with Gasteiger partial charge in [0, 0.05) is 23.5 Å². The molecule has 0 saturated carbocycles. The van der Waals surface area contributed by atoms with Gasteiger partial charge in [-0.15, -0.1) is 0 Å². The zero-order chi connectivity index (χ0) is 25.8. The van der Waals surface area contributed by atoms with Gasteiger partial charge >= 0.3 is 5.97 Å². The first-order chi connectivity index (χ1) is 17.2. The number of nitrogens with two attached hydrogens (primary N) is 1. The van der Waals surface area contributed by atoms with Gasteiger partial charge in [0.2, 0.25) is 21.3 Å². The van der Waals surface area contributed by atoms with Crippen LogP contribution in [0.25, 0.3) is 10.9 Å². The summed E-state index contributed by atoms with van der Waals surface area (Å²) in [6, 6.07) is 14.2. The Bertz CT molecular complexity index is 1320. The summed E-state index contributed by atoms with van der Waals surface area (Å²) in [5.74, 6) is -1.81. The highest BCUT2D eigenvalue weighted by Gasteiger charge is 2.49. The zero-order valence-electron chi connectivity index (χ0n) is 19.7. The monoisotopic (exact) mass is 514 g/mol. The van der Waals surface area contributed by atoms with E-state index in [1.165, 1.54) is 24.3 Å². The van der Waals surface area contributed by atoms with Crippen LogP contribution in [0.15, 0.2) is 59.5 Å². The van der Waals surface area contributed by atoms with Gasteiger partial charge in [-0.25, -0.2) is 13.2 Å². The Balaban J connectivity index is 1.54. The van der Waals surface area contributed by atoms with Gasteiger partial charge < -0.3 is 25.9 Å². The highest BCUT2D eigenvalue weighted by atomic mass is 32.2. The third-order valence-electron chi connectivity index (χ3n) is 6.51. The standard InChI is InChI=1S/C25H30N4O6S/c26-16-25(24(31)32,23(30)22-14-18-4-1-2-7-21(18)28-22)29-36(33,34)20-6-3-5-19(15-20)35-13-10-17-8-11-27-12-9-17/h1-7,14-15,17,27-29H,8-13,16,26H2,(H,31,32)/t25-/m0/s1. The minimum atomic E-state index is -4.46. The van der Waals surface area contributed by atoms with E-state index in [9.17, 15) is 23.1 Å². The van der Waals surface area contributed by atoms with E-state index in [1.807, 2.05) is 0 Å². The lowest BCUT2D eigenvalue weighted by Crippen LogP contribution is -2.64. The predicted molar refractivity (Wildman–Crippen MR) is 135 cm³/mol. The Kier molecular flexibility index (Phi) is 7.74. The highest BCUT2D eigenvalue weighted by Crippen LogP contribution is 2.24. The fourth-order valence-electron chi connectivity index (χ4n) is 4.37. The number of Topliss-reactive ketones (excluding diaryl/α,β-unsaturated/α-hetero) is 1. The normalized spacial score (nSPS) is 16.5. The minimum absolute atomic E-state index is 0.0678. The van der Waals surface area contributed by atoms with E-state index in [1.54, 1.807) is 30.3 Å². The number of para-hydroxylation sites is 1. The van der Waals surface area contributed by atoms with Crippen LogP contribution < -0.4 is 20.5 Å². The van der Waals surface area contributed by atoms with Crippen molar-refractivity contribution in [1.29, 1.82) is 0 Å². The number of H-pyrrole nitrogens is 1. The van der Waals surface area contributed by atoms with Crippen LogP contribution in [0, 0.1) is 5.92 Å². The lowest BCUT2D eigenvalue weighted by Gasteiger charge is -2.27. The Hall–Kier alpha value is -3.25. The molecule has 1 saturated heterocycles. The molecule has 0 amide bonds. The van der Waals surface area contributed by atoms with Gasteiger partial charge in [-0.1, -0.05) is 24.3 Å². The molecule has 1 aliphatic heterocycles. The van der Waals surface area contributed by atoms with E-state index in [4.69, 9.17) is 10.5 Å². The molecular weight excluding hydrogens is 484 g/mol. The summed E-state index contributed by atoms with van der Waals surface area (Å²) in [6.07, 6.45) is 3.00. The molecular formula is C25H30N4O6S. The minimum Gasteiger partial charge on any atom is -0.494 e. The molecule has 0 bridgehead atoms. The van der Waals surface area contributed by atoms with Gasteiger partial charge in [0.15, 0.2) is 0 Å². The van der Waals surface area contributed by atoms with Crippen molar-refractivity contribution in [2.75, 3.05) is 26.2 Å². The summed E-state index contributed by atoms with van der Waals surface area (Å²) < 4.78 is 34.3. The number of carboxylic acid groups (broad SMARTS) is 1. The first-order valence-corrected chi connectivity index (χ1v) is 13.3. The highest BCUT2D eigenvalue weighted by molar-refractivity contribution is 7.89. The molecule has 1 fully saturated rings. The average Bonchev–Trinajstić information content (AvgIpc) is 3.32. The number of sulfonamides is 1. The molecule has 10 nitrogen and oxygen atoms in total. The summed E-state index contributed by atoms with van der Waals surface area (Å²) in [5, 5.41) is 14.0. The second kappa shape index (κ2) is 10.8. The molecule has 1 aromatic heterocycles. The number of nitrogens with one attached hydrogen (secondary N) is 3. The van der Waals surface area contributed by atoms with Crippen LogP contribution in [0.1, 0.15) is 29.8 Å². The number of benzene rings is 2. The van der Waals surface area contributed by atoms with Crippen LogP contribution >= 0.6 is 0 Å². The molecule has 0 radical (unpaired) electrons. The van der Waals surface area contributed by atoms with Gasteiger partial charge in [-0.05, 0) is 62.5 Å². The molecule has 0 aliphatic carbocycles. The molecule has 0 unspecified atom stereocenters. The molecule has 0 spiro atoms. The molecule has 36 heavy (non-hydrogen) atoms. The number of ketones is 1.